The van der Waals surface area contributed by atoms with Crippen LogP contribution in [0.4, 0.5) is 0 Å². The van der Waals surface area contributed by atoms with Crippen molar-refractivity contribution in [1.29, 1.82) is 0 Å². The summed E-state index contributed by atoms with van der Waals surface area (Å²) in [5, 5.41) is 0.200. The molecule has 2 heterocycles. The summed E-state index contributed by atoms with van der Waals surface area (Å²) in [6, 6.07) is 0. The first-order chi connectivity index (χ1) is 8.56. The molecular formula is C14H28O2Si2. The molecule has 2 rings (SSSR count). The lowest BCUT2D eigenvalue weighted by atomic mass is 10.0. The number of hydrogen-bond acceptors (Lipinski definition) is 2. The first-order valence-corrected chi connectivity index (χ1v) is 11.4. The summed E-state index contributed by atoms with van der Waals surface area (Å²) < 4.78 is 12.2. The summed E-state index contributed by atoms with van der Waals surface area (Å²) in [4.78, 5) is 0. The molecule has 0 aromatic rings. The Morgan fingerprint density at radius 2 is 1.61 bits per heavy atom. The van der Waals surface area contributed by atoms with Gasteiger partial charge in [-0.1, -0.05) is 25.2 Å². The fourth-order valence-corrected chi connectivity index (χ4v) is 5.46. The van der Waals surface area contributed by atoms with E-state index in [4.69, 9.17) is 9.47 Å². The molecule has 0 spiro atoms. The minimum absolute atomic E-state index is 0.0926. The summed E-state index contributed by atoms with van der Waals surface area (Å²) in [5.41, 5.74) is 0. The first kappa shape index (κ1) is 14.5. The third-order valence-electron chi connectivity index (χ3n) is 4.53. The van der Waals surface area contributed by atoms with E-state index in [0.717, 1.165) is 23.5 Å². The quantitative estimate of drug-likeness (QED) is 0.581. The lowest BCUT2D eigenvalue weighted by molar-refractivity contribution is 0.00116. The van der Waals surface area contributed by atoms with Crippen molar-refractivity contribution in [2.45, 2.75) is 62.1 Å². The molecule has 0 aromatic carbocycles. The average molecular weight is 285 g/mol. The monoisotopic (exact) mass is 284 g/mol. The second-order valence-corrected chi connectivity index (χ2v) is 11.3. The normalized spacial score (nSPS) is 38.6. The SMILES string of the molecule is C[SiH](C)C1(C=CC2([SiH3])CCCCO2)CCCCO1. The van der Waals surface area contributed by atoms with Gasteiger partial charge in [-0.15, -0.1) is 0 Å². The average Bonchev–Trinajstić information content (AvgIpc) is 2.38. The van der Waals surface area contributed by atoms with E-state index in [1.54, 1.807) is 0 Å². The molecule has 0 amide bonds. The molecule has 0 saturated carbocycles. The molecule has 0 radical (unpaired) electrons. The predicted molar refractivity (Wildman–Crippen MR) is 83.0 cm³/mol. The molecule has 18 heavy (non-hydrogen) atoms. The zero-order valence-corrected chi connectivity index (χ0v) is 15.4. The Morgan fingerprint density at radius 3 is 2.11 bits per heavy atom. The molecule has 0 N–H and O–H groups in total. The molecule has 2 fully saturated rings. The maximum atomic E-state index is 6.20. The Bertz CT molecular complexity index is 290. The van der Waals surface area contributed by atoms with Gasteiger partial charge < -0.3 is 9.47 Å². The van der Waals surface area contributed by atoms with E-state index in [1.807, 2.05) is 0 Å². The minimum atomic E-state index is -0.839. The largest absolute Gasteiger partial charge is 0.376 e. The van der Waals surface area contributed by atoms with E-state index in [2.05, 4.69) is 25.2 Å². The summed E-state index contributed by atoms with van der Waals surface area (Å²) in [5.74, 6) is 0. The van der Waals surface area contributed by atoms with Crippen LogP contribution in [0.5, 0.6) is 0 Å². The standard InChI is InChI=1S/C14H28O2Si2/c1-18(2)14(8-4-6-12-16-14)10-9-13(17)7-3-5-11-15-13/h9-10,18H,3-8,11-12H2,1-2,17H3. The second-order valence-electron chi connectivity index (χ2n) is 6.37. The van der Waals surface area contributed by atoms with Crippen LogP contribution in [0.2, 0.25) is 13.1 Å². The Kier molecular flexibility index (Phi) is 4.86. The summed E-state index contributed by atoms with van der Waals surface area (Å²) >= 11 is 0. The van der Waals surface area contributed by atoms with Crippen LogP contribution in [0.1, 0.15) is 38.5 Å². The molecule has 2 aliphatic heterocycles. The van der Waals surface area contributed by atoms with E-state index < -0.39 is 8.80 Å². The van der Waals surface area contributed by atoms with Crippen LogP contribution in [0.25, 0.3) is 0 Å². The van der Waals surface area contributed by atoms with Crippen LogP contribution < -0.4 is 0 Å². The number of hydrogen-bond donors (Lipinski definition) is 0. The van der Waals surface area contributed by atoms with Crippen molar-refractivity contribution in [2.24, 2.45) is 0 Å². The van der Waals surface area contributed by atoms with Gasteiger partial charge in [0.05, 0.1) is 19.2 Å². The summed E-state index contributed by atoms with van der Waals surface area (Å²) in [7, 11) is 0.255. The van der Waals surface area contributed by atoms with E-state index in [1.165, 1.54) is 38.5 Å². The van der Waals surface area contributed by atoms with Crippen molar-refractivity contribution in [3.63, 3.8) is 0 Å². The molecule has 4 heteroatoms. The van der Waals surface area contributed by atoms with E-state index in [-0.39, 0.29) is 10.4 Å². The van der Waals surface area contributed by atoms with Crippen molar-refractivity contribution in [1.82, 2.24) is 0 Å². The molecule has 2 saturated heterocycles. The zero-order valence-electron chi connectivity index (χ0n) is 12.2. The van der Waals surface area contributed by atoms with Gasteiger partial charge in [0.25, 0.3) is 0 Å². The maximum Gasteiger partial charge on any atom is 0.0744 e. The highest BCUT2D eigenvalue weighted by Gasteiger charge is 2.36. The van der Waals surface area contributed by atoms with Crippen LogP contribution in [0.3, 0.4) is 0 Å². The van der Waals surface area contributed by atoms with E-state index in [0.29, 0.717) is 0 Å². The molecule has 0 aromatic heterocycles. The van der Waals surface area contributed by atoms with E-state index in [9.17, 15) is 0 Å². The number of rotatable bonds is 3. The fourth-order valence-electron chi connectivity index (χ4n) is 3.02. The fraction of sp³-hybridized carbons (Fsp3) is 0.857. The summed E-state index contributed by atoms with van der Waals surface area (Å²) in [6.45, 7) is 6.72. The van der Waals surface area contributed by atoms with Crippen molar-refractivity contribution >= 4 is 19.0 Å². The van der Waals surface area contributed by atoms with Gasteiger partial charge in [0.15, 0.2) is 0 Å². The van der Waals surface area contributed by atoms with Gasteiger partial charge in [0.1, 0.15) is 0 Å². The molecule has 104 valence electrons. The van der Waals surface area contributed by atoms with Crippen LogP contribution in [-0.2, 0) is 9.47 Å². The highest BCUT2D eigenvalue weighted by Crippen LogP contribution is 2.31. The lowest BCUT2D eigenvalue weighted by Crippen LogP contribution is -2.46. The molecule has 2 atom stereocenters. The van der Waals surface area contributed by atoms with Gasteiger partial charge in [-0.2, -0.15) is 0 Å². The summed E-state index contributed by atoms with van der Waals surface area (Å²) in [6.07, 6.45) is 12.3. The Labute approximate surface area is 116 Å². The highest BCUT2D eigenvalue weighted by molar-refractivity contribution is 6.59. The molecule has 2 aliphatic rings. The van der Waals surface area contributed by atoms with Crippen LogP contribution >= 0.6 is 0 Å². The zero-order chi connectivity index (χ0) is 13.1. The molecule has 2 nitrogen and oxygen atoms in total. The lowest BCUT2D eigenvalue weighted by Gasteiger charge is -2.39. The second kappa shape index (κ2) is 6.03. The van der Waals surface area contributed by atoms with Gasteiger partial charge in [-0.05, 0) is 38.5 Å². The predicted octanol–water partition coefficient (Wildman–Crippen LogP) is 1.77. The molecule has 0 bridgehead atoms. The van der Waals surface area contributed by atoms with E-state index >= 15 is 0 Å². The van der Waals surface area contributed by atoms with Crippen molar-refractivity contribution < 1.29 is 9.47 Å². The topological polar surface area (TPSA) is 18.5 Å². The number of ether oxygens (including phenoxy) is 2. The van der Waals surface area contributed by atoms with Gasteiger partial charge in [0.2, 0.25) is 0 Å². The van der Waals surface area contributed by atoms with Crippen LogP contribution in [0.15, 0.2) is 12.2 Å². The smallest absolute Gasteiger partial charge is 0.0744 e. The molecular weight excluding hydrogens is 256 g/mol. The van der Waals surface area contributed by atoms with Crippen LogP contribution in [0, 0.1) is 0 Å². The Hall–Kier alpha value is 0.0938. The van der Waals surface area contributed by atoms with Crippen LogP contribution in [-0.4, -0.2) is 42.7 Å². The maximum absolute atomic E-state index is 6.20. The van der Waals surface area contributed by atoms with Crippen molar-refractivity contribution in [3.05, 3.63) is 12.2 Å². The van der Waals surface area contributed by atoms with Gasteiger partial charge in [0, 0.05) is 23.5 Å². The first-order valence-electron chi connectivity index (χ1n) is 7.55. The Balaban J connectivity index is 2.07. The van der Waals surface area contributed by atoms with Gasteiger partial charge in [-0.3, -0.25) is 0 Å². The third-order valence-corrected chi connectivity index (χ3v) is 8.25. The van der Waals surface area contributed by atoms with Crippen molar-refractivity contribution in [3.8, 4) is 0 Å². The third kappa shape index (κ3) is 3.35. The molecule has 0 aliphatic carbocycles. The molecule has 2 unspecified atom stereocenters. The van der Waals surface area contributed by atoms with Crippen molar-refractivity contribution in [2.75, 3.05) is 13.2 Å². The van der Waals surface area contributed by atoms with Gasteiger partial charge >= 0.3 is 0 Å². The Morgan fingerprint density at radius 1 is 0.944 bits per heavy atom. The minimum Gasteiger partial charge on any atom is -0.376 e. The highest BCUT2D eigenvalue weighted by atomic mass is 28.3. The van der Waals surface area contributed by atoms with Gasteiger partial charge in [-0.25, -0.2) is 0 Å².